The average Bonchev–Trinajstić information content (AvgIpc) is 3.34. The van der Waals surface area contributed by atoms with Crippen molar-refractivity contribution in [1.29, 1.82) is 0 Å². The maximum Gasteiger partial charge on any atom is 0.165 e. The van der Waals surface area contributed by atoms with Gasteiger partial charge in [0.2, 0.25) is 0 Å². The monoisotopic (exact) mass is 442 g/mol. The first-order valence-corrected chi connectivity index (χ1v) is 10.8. The zero-order valence-corrected chi connectivity index (χ0v) is 18.8. The van der Waals surface area contributed by atoms with Crippen molar-refractivity contribution < 1.29 is 4.42 Å². The van der Waals surface area contributed by atoms with Crippen LogP contribution in [0.3, 0.4) is 0 Å². The van der Waals surface area contributed by atoms with Crippen LogP contribution in [0.2, 0.25) is 10.0 Å². The van der Waals surface area contributed by atoms with Crippen molar-refractivity contribution in [2.24, 2.45) is 5.92 Å². The van der Waals surface area contributed by atoms with Gasteiger partial charge in [0.25, 0.3) is 0 Å². The normalized spacial score (nSPS) is 11.5. The summed E-state index contributed by atoms with van der Waals surface area (Å²) in [5, 5.41) is 1.15. The van der Waals surface area contributed by atoms with Gasteiger partial charge in [0.1, 0.15) is 17.3 Å². The highest BCUT2D eigenvalue weighted by atomic mass is 35.5. The Morgan fingerprint density at radius 3 is 2.70 bits per heavy atom. The van der Waals surface area contributed by atoms with Crippen LogP contribution in [0.5, 0.6) is 0 Å². The van der Waals surface area contributed by atoms with E-state index in [2.05, 4.69) is 35.1 Å². The number of aryl methyl sites for hydroxylation is 1. The number of furan rings is 1. The maximum absolute atomic E-state index is 6.49. The molecule has 7 heteroatoms. The summed E-state index contributed by atoms with van der Waals surface area (Å²) in [6.45, 7) is 8.09. The molecule has 1 aromatic carbocycles. The summed E-state index contributed by atoms with van der Waals surface area (Å²) in [5.74, 6) is 2.45. The van der Waals surface area contributed by atoms with E-state index in [0.29, 0.717) is 22.5 Å². The van der Waals surface area contributed by atoms with Gasteiger partial charge in [0.05, 0.1) is 23.5 Å². The summed E-state index contributed by atoms with van der Waals surface area (Å²) < 4.78 is 7.74. The van der Waals surface area contributed by atoms with E-state index in [-0.39, 0.29) is 0 Å². The summed E-state index contributed by atoms with van der Waals surface area (Å²) in [4.78, 5) is 11.9. The minimum atomic E-state index is 0.474. The number of rotatable bonds is 7. The third-order valence-electron chi connectivity index (χ3n) is 4.92. The highest BCUT2D eigenvalue weighted by molar-refractivity contribution is 6.36. The van der Waals surface area contributed by atoms with E-state index in [4.69, 9.17) is 32.6 Å². The number of nitrogens with zero attached hydrogens (tertiary/aromatic N) is 4. The van der Waals surface area contributed by atoms with Gasteiger partial charge >= 0.3 is 0 Å². The Morgan fingerprint density at radius 2 is 2.03 bits per heavy atom. The summed E-state index contributed by atoms with van der Waals surface area (Å²) in [5.41, 5.74) is 3.35. The van der Waals surface area contributed by atoms with Gasteiger partial charge in [0.15, 0.2) is 5.65 Å². The van der Waals surface area contributed by atoms with Crippen LogP contribution in [0.15, 0.2) is 53.4 Å². The lowest BCUT2D eigenvalue weighted by molar-refractivity contribution is 0.489. The van der Waals surface area contributed by atoms with Crippen molar-refractivity contribution in [2.45, 2.75) is 33.7 Å². The zero-order chi connectivity index (χ0) is 21.3. The summed E-state index contributed by atoms with van der Waals surface area (Å²) in [6.07, 6.45) is 6.26. The molecule has 3 aromatic heterocycles. The molecular weight excluding hydrogens is 419 g/mol. The Balaban J connectivity index is 1.89. The number of hydrogen-bond donors (Lipinski definition) is 0. The largest absolute Gasteiger partial charge is 0.467 e. The van der Waals surface area contributed by atoms with Crippen LogP contribution in [-0.2, 0) is 13.0 Å². The first kappa shape index (κ1) is 20.8. The number of anilines is 1. The van der Waals surface area contributed by atoms with E-state index < -0.39 is 0 Å². The smallest absolute Gasteiger partial charge is 0.165 e. The van der Waals surface area contributed by atoms with Crippen LogP contribution in [0, 0.1) is 5.92 Å². The lowest BCUT2D eigenvalue weighted by Crippen LogP contribution is -2.29. The van der Waals surface area contributed by atoms with E-state index >= 15 is 0 Å². The number of aromatic nitrogens is 3. The Bertz CT molecular complexity index is 1150. The second-order valence-electron chi connectivity index (χ2n) is 7.68. The molecule has 0 aliphatic heterocycles. The SMILES string of the molecule is CCc1nc2c(-c3ccc(Cl)cc3Cl)nccn2c1N(Cc1ccco1)CC(C)C. The molecule has 4 rings (SSSR count). The first-order chi connectivity index (χ1) is 14.5. The van der Waals surface area contributed by atoms with Gasteiger partial charge in [-0.15, -0.1) is 0 Å². The number of hydrogen-bond acceptors (Lipinski definition) is 4. The van der Waals surface area contributed by atoms with E-state index in [9.17, 15) is 0 Å². The molecule has 30 heavy (non-hydrogen) atoms. The lowest BCUT2D eigenvalue weighted by atomic mass is 10.1. The second kappa shape index (κ2) is 8.70. The van der Waals surface area contributed by atoms with E-state index in [1.165, 1.54) is 0 Å². The number of fused-ring (bicyclic) bond motifs is 1. The molecule has 0 amide bonds. The molecule has 0 aliphatic rings. The molecule has 0 radical (unpaired) electrons. The van der Waals surface area contributed by atoms with Crippen LogP contribution in [-0.4, -0.2) is 20.9 Å². The maximum atomic E-state index is 6.49. The van der Waals surface area contributed by atoms with Crippen molar-refractivity contribution in [3.63, 3.8) is 0 Å². The second-order valence-corrected chi connectivity index (χ2v) is 8.53. The molecular formula is C23H24Cl2N4O. The predicted molar refractivity (Wildman–Crippen MR) is 122 cm³/mol. The van der Waals surface area contributed by atoms with Gasteiger partial charge in [-0.1, -0.05) is 44.0 Å². The van der Waals surface area contributed by atoms with Crippen molar-refractivity contribution >= 4 is 34.7 Å². The predicted octanol–water partition coefficient (Wildman–Crippen LogP) is 6.52. The molecule has 3 heterocycles. The minimum absolute atomic E-state index is 0.474. The van der Waals surface area contributed by atoms with Gasteiger partial charge in [-0.05, 0) is 42.7 Å². The summed E-state index contributed by atoms with van der Waals surface area (Å²) in [7, 11) is 0. The molecule has 0 N–H and O–H groups in total. The lowest BCUT2D eigenvalue weighted by Gasteiger charge is -2.26. The van der Waals surface area contributed by atoms with Gasteiger partial charge in [-0.25, -0.2) is 4.98 Å². The van der Waals surface area contributed by atoms with Crippen molar-refractivity contribution in [3.8, 4) is 11.3 Å². The standard InChI is InChI=1S/C23H24Cl2N4O/c1-4-20-23(28(13-15(2)3)14-17-6-5-11-30-17)29-10-9-26-21(22(29)27-20)18-8-7-16(24)12-19(18)25/h5-12,15H,4,13-14H2,1-3H3. The third-order valence-corrected chi connectivity index (χ3v) is 5.47. The van der Waals surface area contributed by atoms with Crippen LogP contribution in [0.4, 0.5) is 5.82 Å². The summed E-state index contributed by atoms with van der Waals surface area (Å²) >= 11 is 12.6. The highest BCUT2D eigenvalue weighted by Gasteiger charge is 2.22. The Hall–Kier alpha value is -2.50. The molecule has 0 spiro atoms. The molecule has 0 saturated carbocycles. The molecule has 4 aromatic rings. The third kappa shape index (κ3) is 4.05. The minimum Gasteiger partial charge on any atom is -0.467 e. The fourth-order valence-electron chi connectivity index (χ4n) is 3.71. The molecule has 0 atom stereocenters. The van der Waals surface area contributed by atoms with Gasteiger partial charge in [-0.2, -0.15) is 0 Å². The number of halogens is 2. The van der Waals surface area contributed by atoms with E-state index in [0.717, 1.165) is 47.1 Å². The Morgan fingerprint density at radius 1 is 1.20 bits per heavy atom. The highest BCUT2D eigenvalue weighted by Crippen LogP contribution is 2.34. The van der Waals surface area contributed by atoms with Crippen molar-refractivity contribution in [3.05, 3.63) is 70.5 Å². The average molecular weight is 443 g/mol. The zero-order valence-electron chi connectivity index (χ0n) is 17.3. The summed E-state index contributed by atoms with van der Waals surface area (Å²) in [6, 6.07) is 9.36. The van der Waals surface area contributed by atoms with Gasteiger partial charge < -0.3 is 9.32 Å². The molecule has 0 aliphatic carbocycles. The molecule has 0 bridgehead atoms. The van der Waals surface area contributed by atoms with E-state index in [1.807, 2.05) is 30.5 Å². The Kier molecular flexibility index (Phi) is 6.02. The fraction of sp³-hybridized carbons (Fsp3) is 0.304. The fourth-order valence-corrected chi connectivity index (χ4v) is 4.21. The Labute approximate surface area is 186 Å². The first-order valence-electron chi connectivity index (χ1n) is 10.1. The number of benzene rings is 1. The van der Waals surface area contributed by atoms with Crippen molar-refractivity contribution in [2.75, 3.05) is 11.4 Å². The molecule has 0 unspecified atom stereocenters. The van der Waals surface area contributed by atoms with Crippen molar-refractivity contribution in [1.82, 2.24) is 14.4 Å². The van der Waals surface area contributed by atoms with Crippen LogP contribution < -0.4 is 4.90 Å². The van der Waals surface area contributed by atoms with Crippen LogP contribution in [0.25, 0.3) is 16.9 Å². The van der Waals surface area contributed by atoms with E-state index in [1.54, 1.807) is 18.5 Å². The quantitative estimate of drug-likeness (QED) is 0.326. The van der Waals surface area contributed by atoms with Gasteiger partial charge in [0, 0.05) is 29.5 Å². The molecule has 0 saturated heterocycles. The molecule has 0 fully saturated rings. The molecule has 5 nitrogen and oxygen atoms in total. The van der Waals surface area contributed by atoms with Gasteiger partial charge in [-0.3, -0.25) is 9.38 Å². The van der Waals surface area contributed by atoms with Crippen LogP contribution in [0.1, 0.15) is 32.2 Å². The topological polar surface area (TPSA) is 46.6 Å². The molecule has 156 valence electrons. The van der Waals surface area contributed by atoms with Crippen LogP contribution >= 0.6 is 23.2 Å². The number of imidazole rings is 1.